The monoisotopic (exact) mass is 225 g/mol. The Kier molecular flexibility index (Phi) is 2.71. The van der Waals surface area contributed by atoms with Gasteiger partial charge >= 0.3 is 6.05 Å². The normalized spacial score (nSPS) is 14.6. The van der Waals surface area contributed by atoms with Gasteiger partial charge in [0, 0.05) is 5.56 Å². The fourth-order valence-electron chi connectivity index (χ4n) is 1.65. The van der Waals surface area contributed by atoms with Crippen LogP contribution in [0.2, 0.25) is 0 Å². The van der Waals surface area contributed by atoms with Gasteiger partial charge in [-0.05, 0) is 24.5 Å². The van der Waals surface area contributed by atoms with Gasteiger partial charge in [0.05, 0.1) is 6.61 Å². The summed E-state index contributed by atoms with van der Waals surface area (Å²) in [6, 6.07) is 0.541. The van der Waals surface area contributed by atoms with Crippen LogP contribution < -0.4 is 4.74 Å². The van der Waals surface area contributed by atoms with Crippen LogP contribution in [0.25, 0.3) is 0 Å². The number of ether oxygens (including phenoxy) is 1. The molecule has 0 saturated carbocycles. The third-order valence-electron chi connectivity index (χ3n) is 2.45. The molecular weight excluding hydrogens is 216 g/mol. The summed E-state index contributed by atoms with van der Waals surface area (Å²) in [5, 5.41) is 0. The van der Waals surface area contributed by atoms with Gasteiger partial charge in [-0.1, -0.05) is 12.1 Å². The summed E-state index contributed by atoms with van der Waals surface area (Å²) in [5.74, 6) is 0.449. The van der Waals surface area contributed by atoms with Crippen LogP contribution in [0.15, 0.2) is 23.2 Å². The molecule has 2 rings (SSSR count). The van der Waals surface area contributed by atoms with Gasteiger partial charge in [-0.2, -0.15) is 8.78 Å². The van der Waals surface area contributed by atoms with Crippen molar-refractivity contribution < 1.29 is 18.3 Å². The van der Waals surface area contributed by atoms with Gasteiger partial charge in [0.1, 0.15) is 5.75 Å². The van der Waals surface area contributed by atoms with Crippen LogP contribution in [-0.2, 0) is 17.3 Å². The van der Waals surface area contributed by atoms with E-state index in [4.69, 9.17) is 4.74 Å². The van der Waals surface area contributed by atoms with Crippen molar-refractivity contribution in [1.29, 1.82) is 0 Å². The molecule has 1 aliphatic rings. The number of hydrogen-bond donors (Lipinski definition) is 0. The van der Waals surface area contributed by atoms with Crippen LogP contribution >= 0.6 is 0 Å². The molecule has 0 amide bonds. The topological polar surface area (TPSA) is 38.7 Å². The molecule has 0 N–H and O–H groups in total. The van der Waals surface area contributed by atoms with Crippen molar-refractivity contribution >= 4 is 6.08 Å². The van der Waals surface area contributed by atoms with Gasteiger partial charge in [-0.15, -0.1) is 4.99 Å². The van der Waals surface area contributed by atoms with E-state index < -0.39 is 6.05 Å². The Labute approximate surface area is 90.8 Å². The van der Waals surface area contributed by atoms with Crippen molar-refractivity contribution in [3.05, 3.63) is 29.3 Å². The first-order valence-electron chi connectivity index (χ1n) is 4.86. The number of aryl methyl sites for hydroxylation is 1. The number of hydrogen-bond acceptors (Lipinski definition) is 3. The number of nitrogens with zero attached hydrogens (tertiary/aromatic N) is 1. The maximum absolute atomic E-state index is 13.2. The largest absolute Gasteiger partial charge is 0.493 e. The van der Waals surface area contributed by atoms with Gasteiger partial charge in [0.25, 0.3) is 0 Å². The Hall–Kier alpha value is -1.74. The van der Waals surface area contributed by atoms with E-state index in [1.807, 2.05) is 0 Å². The van der Waals surface area contributed by atoms with Gasteiger partial charge in [0.15, 0.2) is 0 Å². The fourth-order valence-corrected chi connectivity index (χ4v) is 1.65. The van der Waals surface area contributed by atoms with Crippen molar-refractivity contribution in [2.45, 2.75) is 18.9 Å². The lowest BCUT2D eigenvalue weighted by atomic mass is 10.0. The molecule has 0 atom stereocenters. The summed E-state index contributed by atoms with van der Waals surface area (Å²) >= 11 is 0. The van der Waals surface area contributed by atoms with E-state index in [2.05, 4.69) is 4.99 Å². The molecule has 0 saturated heterocycles. The highest BCUT2D eigenvalue weighted by molar-refractivity contribution is 5.42. The van der Waals surface area contributed by atoms with Crippen molar-refractivity contribution in [2.24, 2.45) is 4.99 Å². The molecule has 1 aromatic carbocycles. The van der Waals surface area contributed by atoms with E-state index in [0.29, 0.717) is 12.4 Å². The number of fused-ring (bicyclic) bond motifs is 1. The molecular formula is C11H9F2NO2. The maximum atomic E-state index is 13.2. The minimum absolute atomic E-state index is 0.350. The molecule has 1 aliphatic heterocycles. The van der Waals surface area contributed by atoms with Crippen LogP contribution in [0.5, 0.6) is 5.75 Å². The standard InChI is InChI=1S/C11H9F2NO2/c12-11(13,14-7-15)9-4-3-8-2-1-5-16-10(8)6-9/h3-4,6H,1-2,5H2. The van der Waals surface area contributed by atoms with E-state index in [9.17, 15) is 13.6 Å². The van der Waals surface area contributed by atoms with Crippen LogP contribution in [0.1, 0.15) is 17.5 Å². The second kappa shape index (κ2) is 4.02. The third kappa shape index (κ3) is 1.95. The van der Waals surface area contributed by atoms with Gasteiger partial charge in [-0.25, -0.2) is 4.79 Å². The molecule has 1 heterocycles. The highest BCUT2D eigenvalue weighted by Gasteiger charge is 2.32. The average Bonchev–Trinajstić information content (AvgIpc) is 2.28. The summed E-state index contributed by atoms with van der Waals surface area (Å²) in [6.07, 6.45) is 2.57. The Balaban J connectivity index is 2.40. The van der Waals surface area contributed by atoms with Crippen molar-refractivity contribution in [3.8, 4) is 5.75 Å². The first-order valence-corrected chi connectivity index (χ1v) is 4.86. The van der Waals surface area contributed by atoms with E-state index >= 15 is 0 Å². The number of halogens is 2. The first-order chi connectivity index (χ1) is 7.63. The number of alkyl halides is 2. The zero-order valence-electron chi connectivity index (χ0n) is 8.37. The Morgan fingerprint density at radius 2 is 2.25 bits per heavy atom. The van der Waals surface area contributed by atoms with Gasteiger partial charge in [0.2, 0.25) is 6.08 Å². The molecule has 0 bridgehead atoms. The zero-order chi connectivity index (χ0) is 11.6. The van der Waals surface area contributed by atoms with E-state index in [1.54, 1.807) is 6.07 Å². The van der Waals surface area contributed by atoms with E-state index in [1.165, 1.54) is 12.1 Å². The second-order valence-electron chi connectivity index (χ2n) is 3.52. The van der Waals surface area contributed by atoms with Crippen LogP contribution in [0.4, 0.5) is 8.78 Å². The molecule has 3 nitrogen and oxygen atoms in total. The predicted octanol–water partition coefficient (Wildman–Crippen LogP) is 2.40. The second-order valence-corrected chi connectivity index (χ2v) is 3.52. The van der Waals surface area contributed by atoms with E-state index in [0.717, 1.165) is 24.5 Å². The third-order valence-corrected chi connectivity index (χ3v) is 2.45. The van der Waals surface area contributed by atoms with Crippen LogP contribution in [-0.4, -0.2) is 12.7 Å². The first kappa shape index (κ1) is 10.8. The molecule has 84 valence electrons. The van der Waals surface area contributed by atoms with Crippen molar-refractivity contribution in [2.75, 3.05) is 6.61 Å². The SMILES string of the molecule is O=C=NC(F)(F)c1ccc2c(c1)OCCC2. The molecule has 0 aliphatic carbocycles. The van der Waals surface area contributed by atoms with Gasteiger partial charge in [-0.3, -0.25) is 0 Å². The molecule has 0 fully saturated rings. The van der Waals surface area contributed by atoms with Gasteiger partial charge < -0.3 is 4.74 Å². The summed E-state index contributed by atoms with van der Waals surface area (Å²) < 4.78 is 31.7. The number of rotatable bonds is 2. The maximum Gasteiger partial charge on any atom is 0.379 e. The highest BCUT2D eigenvalue weighted by atomic mass is 19.3. The molecule has 0 spiro atoms. The van der Waals surface area contributed by atoms with Crippen molar-refractivity contribution in [1.82, 2.24) is 0 Å². The zero-order valence-corrected chi connectivity index (χ0v) is 8.37. The lowest BCUT2D eigenvalue weighted by Crippen LogP contribution is -2.13. The van der Waals surface area contributed by atoms with Crippen LogP contribution in [0, 0.1) is 0 Å². The number of aliphatic imine (C=N–C) groups is 1. The molecule has 0 aromatic heterocycles. The fraction of sp³-hybridized carbons (Fsp3) is 0.364. The minimum atomic E-state index is -3.53. The summed E-state index contributed by atoms with van der Waals surface area (Å²) in [5.41, 5.74) is 0.553. The molecule has 5 heteroatoms. The highest BCUT2D eigenvalue weighted by Crippen LogP contribution is 2.34. The average molecular weight is 225 g/mol. The van der Waals surface area contributed by atoms with E-state index in [-0.39, 0.29) is 5.56 Å². The minimum Gasteiger partial charge on any atom is -0.493 e. The number of benzene rings is 1. The molecule has 0 radical (unpaired) electrons. The smallest absolute Gasteiger partial charge is 0.379 e. The molecule has 0 unspecified atom stereocenters. The van der Waals surface area contributed by atoms with Crippen LogP contribution in [0.3, 0.4) is 0 Å². The van der Waals surface area contributed by atoms with Crippen molar-refractivity contribution in [3.63, 3.8) is 0 Å². The summed E-state index contributed by atoms with van der Waals surface area (Å²) in [4.78, 5) is 12.4. The number of carbonyl (C=O) groups excluding carboxylic acids is 1. The predicted molar refractivity (Wildman–Crippen MR) is 52.3 cm³/mol. The summed E-state index contributed by atoms with van der Waals surface area (Å²) in [6.45, 7) is 0.527. The molecule has 1 aromatic rings. The Bertz CT molecular complexity index is 453. The lowest BCUT2D eigenvalue weighted by molar-refractivity contribution is 0.00585. The summed E-state index contributed by atoms with van der Waals surface area (Å²) in [7, 11) is 0. The lowest BCUT2D eigenvalue weighted by Gasteiger charge is -2.19. The molecule has 16 heavy (non-hydrogen) atoms. The Morgan fingerprint density at radius 3 is 3.00 bits per heavy atom. The number of isocyanates is 1. The Morgan fingerprint density at radius 1 is 1.44 bits per heavy atom. The quantitative estimate of drug-likeness (QED) is 0.440.